The Kier molecular flexibility index (Phi) is 11.4. The fourth-order valence-corrected chi connectivity index (χ4v) is 7.67. The quantitative estimate of drug-likeness (QED) is 0.0539. The van der Waals surface area contributed by atoms with Crippen LogP contribution in [0.25, 0.3) is 0 Å². The van der Waals surface area contributed by atoms with Crippen molar-refractivity contribution >= 4 is 53.1 Å². The first kappa shape index (κ1) is 41.1. The number of nitrogens with zero attached hydrogens (tertiary/aromatic N) is 2. The molecule has 2 heterocycles. The lowest BCUT2D eigenvalue weighted by molar-refractivity contribution is -0.245. The van der Waals surface area contributed by atoms with Gasteiger partial charge >= 0.3 is 0 Å². The Morgan fingerprint density at radius 1 is 1.02 bits per heavy atom. The predicted molar refractivity (Wildman–Crippen MR) is 201 cm³/mol. The molecule has 0 unspecified atom stereocenters. The summed E-state index contributed by atoms with van der Waals surface area (Å²) in [5.41, 5.74) is 5.09. The highest BCUT2D eigenvalue weighted by atomic mass is 35.5. The van der Waals surface area contributed by atoms with Crippen molar-refractivity contribution in [3.05, 3.63) is 93.6 Å². The van der Waals surface area contributed by atoms with Crippen LogP contribution in [0.15, 0.2) is 59.7 Å². The summed E-state index contributed by atoms with van der Waals surface area (Å²) in [6.07, 6.45) is -3.37. The molecule has 1 fully saturated rings. The molecule has 2 aliphatic heterocycles. The maximum atomic E-state index is 14.0. The molecule has 6 atom stereocenters. The van der Waals surface area contributed by atoms with Gasteiger partial charge in [-0.3, -0.25) is 24.0 Å². The number of aliphatic hydroxyl groups is 3. The standard InChI is InChI=1S/C39H38N4O13.ClH/c1-17-34(48)22(40)13-29(55-17)56-24-15-39(53,25(16-44)41-42-26(45)12-18-6-8-19(9-7-18)43-27(46)10-11-28(43)47)14-21-31(24)38(52)33-32(36(21)50)35(49)20-4-3-5-23(54-2)30(20)37(33)51;/h3-11,17,22,24,29,34,44,48,50,52-53H,12-16,40H2,1-2H3,(H,42,45);1H/b41-25+;/t17-,22-,24-,29-,34+,39-;/m0./s1. The van der Waals surface area contributed by atoms with E-state index in [1.807, 2.05) is 0 Å². The molecule has 57 heavy (non-hydrogen) atoms. The van der Waals surface area contributed by atoms with Crippen molar-refractivity contribution in [2.24, 2.45) is 10.8 Å². The first-order valence-corrected chi connectivity index (χ1v) is 17.6. The van der Waals surface area contributed by atoms with E-state index in [2.05, 4.69) is 10.5 Å². The second-order valence-electron chi connectivity index (χ2n) is 14.0. The van der Waals surface area contributed by atoms with Crippen LogP contribution in [0.2, 0.25) is 0 Å². The highest BCUT2D eigenvalue weighted by molar-refractivity contribution is 6.31. The van der Waals surface area contributed by atoms with Gasteiger partial charge in [-0.1, -0.05) is 24.3 Å². The number of anilines is 1. The molecule has 17 nitrogen and oxygen atoms in total. The molecule has 3 aromatic rings. The number of aliphatic hydroxyl groups excluding tert-OH is 2. The minimum Gasteiger partial charge on any atom is -0.507 e. The van der Waals surface area contributed by atoms with E-state index in [1.165, 1.54) is 49.6 Å². The van der Waals surface area contributed by atoms with Crippen LogP contribution in [0.1, 0.15) is 74.4 Å². The van der Waals surface area contributed by atoms with E-state index >= 15 is 0 Å². The summed E-state index contributed by atoms with van der Waals surface area (Å²) < 4.78 is 17.4. The number of rotatable bonds is 9. The van der Waals surface area contributed by atoms with Crippen molar-refractivity contribution in [1.29, 1.82) is 0 Å². The van der Waals surface area contributed by atoms with Crippen molar-refractivity contribution in [3.63, 3.8) is 0 Å². The number of fused-ring (bicyclic) bond motifs is 3. The van der Waals surface area contributed by atoms with Crippen LogP contribution in [0.5, 0.6) is 17.2 Å². The average Bonchev–Trinajstić information content (AvgIpc) is 3.50. The minimum atomic E-state index is -2.20. The van der Waals surface area contributed by atoms with Crippen LogP contribution in [-0.2, 0) is 36.7 Å². The molecule has 0 aromatic heterocycles. The highest BCUT2D eigenvalue weighted by Gasteiger charge is 2.49. The highest BCUT2D eigenvalue weighted by Crippen LogP contribution is 2.52. The number of aromatic hydroxyl groups is 2. The number of ether oxygens (including phenoxy) is 3. The van der Waals surface area contributed by atoms with E-state index < -0.39 is 108 Å². The molecule has 0 radical (unpaired) electrons. The van der Waals surface area contributed by atoms with E-state index in [0.717, 1.165) is 17.1 Å². The molecule has 1 saturated heterocycles. The SMILES string of the molecule is COc1cccc2c1C(=O)c1c(O)c3c(c(O)c1C2=O)C[C@@](O)(/C(CO)=N/NC(=O)Cc1ccc(N2C(=O)C=CC2=O)cc1)C[C@@H]3O[C@H]1C[C@H](N)[C@H](O)[C@H](C)O1.Cl. The molecule has 3 amide bonds. The van der Waals surface area contributed by atoms with Crippen molar-refractivity contribution in [2.45, 2.75) is 68.9 Å². The topological polar surface area (TPSA) is 268 Å². The number of nitrogens with one attached hydrogen (secondary N) is 1. The van der Waals surface area contributed by atoms with Gasteiger partial charge in [0.2, 0.25) is 11.7 Å². The summed E-state index contributed by atoms with van der Waals surface area (Å²) in [5, 5.41) is 60.7. The summed E-state index contributed by atoms with van der Waals surface area (Å²) in [4.78, 5) is 65.9. The molecule has 3 aromatic carbocycles. The number of halogens is 1. The predicted octanol–water partition coefficient (Wildman–Crippen LogP) is 0.998. The van der Waals surface area contributed by atoms with Crippen molar-refractivity contribution in [2.75, 3.05) is 18.6 Å². The third kappa shape index (κ3) is 7.18. The number of hydrazone groups is 1. The van der Waals surface area contributed by atoms with Gasteiger partial charge in [-0.05, 0) is 30.7 Å². The number of phenols is 2. The van der Waals surface area contributed by atoms with Crippen LogP contribution in [0, 0.1) is 0 Å². The number of benzene rings is 3. The molecule has 0 saturated carbocycles. The number of nitrogens with two attached hydrogens (primary N) is 1. The van der Waals surface area contributed by atoms with Crippen LogP contribution in [0.3, 0.4) is 0 Å². The van der Waals surface area contributed by atoms with Crippen LogP contribution < -0.4 is 20.8 Å². The third-order valence-electron chi connectivity index (χ3n) is 10.5. The minimum absolute atomic E-state index is 0. The fourth-order valence-electron chi connectivity index (χ4n) is 7.67. The molecule has 0 spiro atoms. The zero-order chi connectivity index (χ0) is 40.2. The number of hydrogen-bond acceptors (Lipinski definition) is 15. The second kappa shape index (κ2) is 15.8. The van der Waals surface area contributed by atoms with Gasteiger partial charge in [0.05, 0.1) is 66.5 Å². The molecular formula is C39H39ClN4O13. The lowest BCUT2D eigenvalue weighted by Gasteiger charge is -2.43. The van der Waals surface area contributed by atoms with E-state index in [9.17, 15) is 49.5 Å². The van der Waals surface area contributed by atoms with Crippen molar-refractivity contribution in [3.8, 4) is 17.2 Å². The van der Waals surface area contributed by atoms with Gasteiger partial charge in [-0.25, -0.2) is 10.3 Å². The number of methoxy groups -OCH3 is 1. The molecule has 4 aliphatic rings. The van der Waals surface area contributed by atoms with Gasteiger partial charge < -0.3 is 45.5 Å². The number of hydrogen-bond donors (Lipinski definition) is 7. The van der Waals surface area contributed by atoms with Crippen LogP contribution in [0.4, 0.5) is 5.69 Å². The first-order valence-electron chi connectivity index (χ1n) is 17.6. The monoisotopic (exact) mass is 806 g/mol. The van der Waals surface area contributed by atoms with Gasteiger partial charge in [0, 0.05) is 54.1 Å². The zero-order valence-electron chi connectivity index (χ0n) is 30.5. The van der Waals surface area contributed by atoms with Crippen molar-refractivity contribution in [1.82, 2.24) is 5.43 Å². The van der Waals surface area contributed by atoms with Crippen LogP contribution in [-0.4, -0.2) is 104 Å². The van der Waals surface area contributed by atoms with Gasteiger partial charge in [-0.15, -0.1) is 12.4 Å². The maximum Gasteiger partial charge on any atom is 0.258 e. The number of carbonyl (C=O) groups excluding carboxylic acids is 5. The number of amides is 3. The van der Waals surface area contributed by atoms with E-state index in [0.29, 0.717) is 11.3 Å². The molecular weight excluding hydrogens is 768 g/mol. The summed E-state index contributed by atoms with van der Waals surface area (Å²) in [6.45, 7) is 0.663. The Morgan fingerprint density at radius 2 is 1.68 bits per heavy atom. The molecule has 300 valence electrons. The largest absolute Gasteiger partial charge is 0.507 e. The number of imide groups is 1. The molecule has 7 rings (SSSR count). The summed E-state index contributed by atoms with van der Waals surface area (Å²) >= 11 is 0. The van der Waals surface area contributed by atoms with E-state index in [-0.39, 0.29) is 59.0 Å². The van der Waals surface area contributed by atoms with Gasteiger partial charge in [-0.2, -0.15) is 5.10 Å². The summed E-state index contributed by atoms with van der Waals surface area (Å²) in [7, 11) is 1.31. The Morgan fingerprint density at radius 3 is 2.32 bits per heavy atom. The first-order chi connectivity index (χ1) is 26.7. The van der Waals surface area contributed by atoms with E-state index in [4.69, 9.17) is 19.9 Å². The lowest BCUT2D eigenvalue weighted by Crippen LogP contribution is -2.53. The molecule has 0 bridgehead atoms. The van der Waals surface area contributed by atoms with E-state index in [1.54, 1.807) is 6.92 Å². The maximum absolute atomic E-state index is 14.0. The Labute approximate surface area is 330 Å². The third-order valence-corrected chi connectivity index (χ3v) is 10.5. The van der Waals surface area contributed by atoms with Gasteiger partial charge in [0.1, 0.15) is 22.8 Å². The number of phenolic OH excluding ortho intramolecular Hbond substituents is 2. The van der Waals surface area contributed by atoms with Gasteiger partial charge in [0.15, 0.2) is 12.1 Å². The molecule has 18 heteroatoms. The van der Waals surface area contributed by atoms with Crippen LogP contribution >= 0.6 is 12.4 Å². The number of carbonyl (C=O) groups is 5. The number of ketones is 2. The average molecular weight is 807 g/mol. The second-order valence-corrected chi connectivity index (χ2v) is 14.0. The summed E-state index contributed by atoms with van der Waals surface area (Å²) in [6, 6.07) is 9.60. The normalized spacial score (nSPS) is 25.4. The molecule has 2 aliphatic carbocycles. The Balaban J connectivity index is 0.00000549. The zero-order valence-corrected chi connectivity index (χ0v) is 31.3. The fraction of sp³-hybridized carbons (Fsp3) is 0.333. The Hall–Kier alpha value is -5.53. The molecule has 8 N–H and O–H groups in total. The van der Waals surface area contributed by atoms with Gasteiger partial charge in [0.25, 0.3) is 11.8 Å². The van der Waals surface area contributed by atoms with Crippen molar-refractivity contribution < 1.29 is 63.7 Å². The lowest BCUT2D eigenvalue weighted by atomic mass is 9.71. The summed E-state index contributed by atoms with van der Waals surface area (Å²) in [5.74, 6) is -4.63. The smallest absolute Gasteiger partial charge is 0.258 e. The Bertz CT molecular complexity index is 2210.